The van der Waals surface area contributed by atoms with Crippen LogP contribution in [-0.4, -0.2) is 52.7 Å². The number of phenols is 2. The Bertz CT molecular complexity index is 1180. The largest absolute Gasteiger partial charge is 0.508 e. The summed E-state index contributed by atoms with van der Waals surface area (Å²) in [5.41, 5.74) is 4.68. The zero-order chi connectivity index (χ0) is 28.1. The molecule has 0 unspecified atom stereocenters. The summed E-state index contributed by atoms with van der Waals surface area (Å²) in [6.45, 7) is 11.5. The summed E-state index contributed by atoms with van der Waals surface area (Å²) in [5, 5.41) is 19.7. The molecule has 0 amide bonds. The zero-order valence-corrected chi connectivity index (χ0v) is 27.5. The first-order chi connectivity index (χ1) is 17.7. The molecule has 2 aliphatic carbocycles. The van der Waals surface area contributed by atoms with Crippen molar-refractivity contribution >= 4 is 40.0 Å². The minimum atomic E-state index is -4.55. The smallest absolute Gasteiger partial charge is 0.445 e. The Balaban J connectivity index is 0.00000533. The third-order valence-electron chi connectivity index (χ3n) is 9.19. The van der Waals surface area contributed by atoms with Crippen LogP contribution in [0.4, 0.5) is 0 Å². The van der Waals surface area contributed by atoms with Gasteiger partial charge in [-0.1, -0.05) is 50.5 Å². The van der Waals surface area contributed by atoms with E-state index in [1.165, 1.54) is 43.2 Å². The SMILES string of the molecule is CC1=CC[C@H]2C(C)(C)CCC[C@]2(C)[C@H]1CC/C(=C\OS(=O)(=O)O)CCC/C(C)=C/Cc1cc(O)ccc1O.[Na]. The number of rotatable bonds is 11. The fourth-order valence-corrected chi connectivity index (χ4v) is 7.37. The van der Waals surface area contributed by atoms with Gasteiger partial charge in [0.1, 0.15) is 17.8 Å². The number of allylic oxidation sites excluding steroid dienone is 5. The van der Waals surface area contributed by atoms with E-state index in [4.69, 9.17) is 8.74 Å². The summed E-state index contributed by atoms with van der Waals surface area (Å²) in [4.78, 5) is 0. The summed E-state index contributed by atoms with van der Waals surface area (Å²) in [6.07, 6.45) is 15.0. The van der Waals surface area contributed by atoms with E-state index in [2.05, 4.69) is 33.8 Å². The van der Waals surface area contributed by atoms with Gasteiger partial charge in [0.05, 0.1) is 0 Å². The third kappa shape index (κ3) is 9.39. The van der Waals surface area contributed by atoms with Crippen LogP contribution in [0.3, 0.4) is 0 Å². The summed E-state index contributed by atoms with van der Waals surface area (Å²) < 4.78 is 36.4. The summed E-state index contributed by atoms with van der Waals surface area (Å²) in [7, 11) is -4.55. The van der Waals surface area contributed by atoms with Crippen LogP contribution in [-0.2, 0) is 21.0 Å². The molecule has 213 valence electrons. The second-order valence-corrected chi connectivity index (χ2v) is 13.4. The van der Waals surface area contributed by atoms with Crippen molar-refractivity contribution in [1.29, 1.82) is 0 Å². The summed E-state index contributed by atoms with van der Waals surface area (Å²) in [5.74, 6) is 1.35. The molecule has 0 spiro atoms. The molecule has 0 bridgehead atoms. The van der Waals surface area contributed by atoms with Crippen molar-refractivity contribution in [2.75, 3.05) is 0 Å². The van der Waals surface area contributed by atoms with Crippen molar-refractivity contribution in [2.24, 2.45) is 22.7 Å². The quantitative estimate of drug-likeness (QED) is 0.0831. The van der Waals surface area contributed by atoms with Crippen LogP contribution in [0.25, 0.3) is 0 Å². The van der Waals surface area contributed by atoms with Crippen LogP contribution >= 0.6 is 0 Å². The number of benzene rings is 1. The molecular formula is C31H46NaO6S. The average molecular weight is 570 g/mol. The maximum Gasteiger partial charge on any atom is 0.445 e. The minimum absolute atomic E-state index is 0. The first kappa shape index (κ1) is 34.0. The van der Waals surface area contributed by atoms with Gasteiger partial charge in [0.2, 0.25) is 0 Å². The normalized spacial score (nSPS) is 25.3. The molecule has 1 fully saturated rings. The Morgan fingerprint density at radius 2 is 1.85 bits per heavy atom. The maximum absolute atomic E-state index is 11.3. The Hall–Kier alpha value is -1.25. The van der Waals surface area contributed by atoms with Crippen molar-refractivity contribution in [3.8, 4) is 11.5 Å². The minimum Gasteiger partial charge on any atom is -0.508 e. The van der Waals surface area contributed by atoms with Gasteiger partial charge in [-0.3, -0.25) is 4.55 Å². The fourth-order valence-electron chi connectivity index (χ4n) is 7.11. The number of fused-ring (bicyclic) bond motifs is 1. The van der Waals surface area contributed by atoms with Crippen LogP contribution in [0.1, 0.15) is 98.0 Å². The molecule has 0 aliphatic heterocycles. The molecule has 3 N–H and O–H groups in total. The van der Waals surface area contributed by atoms with E-state index in [9.17, 15) is 18.6 Å². The Labute approximate surface area is 257 Å². The molecule has 8 heteroatoms. The van der Waals surface area contributed by atoms with Crippen molar-refractivity contribution in [3.63, 3.8) is 0 Å². The fraction of sp³-hybridized carbons (Fsp3) is 0.613. The molecule has 0 heterocycles. The van der Waals surface area contributed by atoms with Crippen LogP contribution < -0.4 is 0 Å². The van der Waals surface area contributed by atoms with Crippen molar-refractivity contribution in [3.05, 3.63) is 58.9 Å². The van der Waals surface area contributed by atoms with E-state index >= 15 is 0 Å². The molecule has 0 saturated heterocycles. The summed E-state index contributed by atoms with van der Waals surface area (Å²) >= 11 is 0. The van der Waals surface area contributed by atoms with Gasteiger partial charge in [-0.25, -0.2) is 0 Å². The van der Waals surface area contributed by atoms with Crippen LogP contribution in [0.2, 0.25) is 0 Å². The van der Waals surface area contributed by atoms with Crippen molar-refractivity contribution < 1.29 is 27.4 Å². The maximum atomic E-state index is 11.3. The van der Waals surface area contributed by atoms with Gasteiger partial charge in [0, 0.05) is 35.1 Å². The van der Waals surface area contributed by atoms with E-state index in [1.54, 1.807) is 6.07 Å². The van der Waals surface area contributed by atoms with Gasteiger partial charge in [-0.15, -0.1) is 0 Å². The van der Waals surface area contributed by atoms with Crippen molar-refractivity contribution in [1.82, 2.24) is 0 Å². The summed E-state index contributed by atoms with van der Waals surface area (Å²) in [6, 6.07) is 4.51. The first-order valence-corrected chi connectivity index (χ1v) is 15.2. The number of aromatic hydroxyl groups is 2. The molecule has 3 atom stereocenters. The molecule has 0 aromatic heterocycles. The first-order valence-electron chi connectivity index (χ1n) is 13.9. The second-order valence-electron chi connectivity index (χ2n) is 12.4. The zero-order valence-electron chi connectivity index (χ0n) is 24.7. The average Bonchev–Trinajstić information content (AvgIpc) is 2.81. The standard InChI is InChI=1S/C31H46O6S.Na/c1-22(10-13-25-20-26(32)14-16-28(25)33)8-6-9-24(21-37-38(34,35)36)12-15-27-23(2)11-17-29-30(3,4)18-7-19-31(27,29)5;/h10-11,14,16,20-21,27,29,32-33H,6-9,12-13,15,17-19H2,1-5H3,(H,34,35,36);/b22-10+,24-21-;/t27-,29-,31+;/m0./s1. The van der Waals surface area contributed by atoms with Crippen LogP contribution in [0, 0.1) is 22.7 Å². The van der Waals surface area contributed by atoms with Crippen LogP contribution in [0.5, 0.6) is 11.5 Å². The molecule has 1 aromatic rings. The predicted octanol–water partition coefficient (Wildman–Crippen LogP) is 7.66. The third-order valence-corrected chi connectivity index (χ3v) is 9.53. The van der Waals surface area contributed by atoms with Gasteiger partial charge in [0.25, 0.3) is 0 Å². The Morgan fingerprint density at radius 1 is 1.13 bits per heavy atom. The molecular weight excluding hydrogens is 523 g/mol. The molecule has 1 saturated carbocycles. The van der Waals surface area contributed by atoms with E-state index in [0.29, 0.717) is 42.1 Å². The van der Waals surface area contributed by atoms with Crippen LogP contribution in [0.15, 0.2) is 53.3 Å². The topological polar surface area (TPSA) is 104 Å². The Morgan fingerprint density at radius 3 is 2.54 bits per heavy atom. The molecule has 6 nitrogen and oxygen atoms in total. The molecule has 1 radical (unpaired) electrons. The van der Waals surface area contributed by atoms with E-state index in [0.717, 1.165) is 36.8 Å². The molecule has 3 rings (SSSR count). The van der Waals surface area contributed by atoms with Gasteiger partial charge in [-0.05, 0) is 118 Å². The number of hydrogen-bond acceptors (Lipinski definition) is 5. The van der Waals surface area contributed by atoms with E-state index in [-0.39, 0.29) is 46.5 Å². The number of phenolic OH excluding ortho intramolecular Hbond substituents is 2. The van der Waals surface area contributed by atoms with Gasteiger partial charge >= 0.3 is 10.4 Å². The molecule has 2 aliphatic rings. The number of hydrogen-bond donors (Lipinski definition) is 3. The second kappa shape index (κ2) is 14.1. The van der Waals surface area contributed by atoms with Gasteiger partial charge < -0.3 is 14.4 Å². The predicted molar refractivity (Wildman–Crippen MR) is 158 cm³/mol. The monoisotopic (exact) mass is 569 g/mol. The molecule has 39 heavy (non-hydrogen) atoms. The van der Waals surface area contributed by atoms with E-state index < -0.39 is 10.4 Å². The van der Waals surface area contributed by atoms with Gasteiger partial charge in [-0.2, -0.15) is 8.42 Å². The Kier molecular flexibility index (Phi) is 12.3. The van der Waals surface area contributed by atoms with Crippen molar-refractivity contribution in [2.45, 2.75) is 98.8 Å². The van der Waals surface area contributed by atoms with Gasteiger partial charge in [0.15, 0.2) is 0 Å². The van der Waals surface area contributed by atoms with E-state index in [1.807, 2.05) is 13.0 Å². The molecule has 1 aromatic carbocycles.